The lowest BCUT2D eigenvalue weighted by molar-refractivity contribution is 0.134. The quantitative estimate of drug-likeness (QED) is 0.458. The normalized spacial score (nSPS) is 10.4. The molecule has 1 aromatic rings. The van der Waals surface area contributed by atoms with Crippen LogP contribution in [-0.4, -0.2) is 19.8 Å². The van der Waals surface area contributed by atoms with Gasteiger partial charge in [-0.05, 0) is 53.6 Å². The summed E-state index contributed by atoms with van der Waals surface area (Å²) >= 11 is 2.29. The zero-order valence-electron chi connectivity index (χ0n) is 9.63. The Morgan fingerprint density at radius 3 is 2.88 bits per heavy atom. The third-order valence-electron chi connectivity index (χ3n) is 2.12. The van der Waals surface area contributed by atoms with Crippen molar-refractivity contribution in [3.63, 3.8) is 0 Å². The minimum atomic E-state index is 0.807. The molecule has 4 heteroatoms. The van der Waals surface area contributed by atoms with Gasteiger partial charge >= 0.3 is 0 Å². The lowest BCUT2D eigenvalue weighted by Gasteiger charge is -2.09. The first kappa shape index (κ1) is 13.6. The highest BCUT2D eigenvalue weighted by Crippen LogP contribution is 2.20. The Hall–Kier alpha value is -0.490. The third kappa shape index (κ3) is 5.03. The van der Waals surface area contributed by atoms with Crippen LogP contribution in [0, 0.1) is 3.57 Å². The van der Waals surface area contributed by atoms with Gasteiger partial charge in [0.2, 0.25) is 0 Å². The summed E-state index contributed by atoms with van der Waals surface area (Å²) in [5.41, 5.74) is 7.64. The van der Waals surface area contributed by atoms with Crippen molar-refractivity contribution < 1.29 is 4.74 Å². The van der Waals surface area contributed by atoms with Crippen molar-refractivity contribution in [1.29, 1.82) is 0 Å². The standard InChI is InChI=1S/C12H19IN2O/c1-2-7-16-8-3-6-15-12-5-4-10(14)9-11(12)13/h4-5,9,15H,2-3,6-8,14H2,1H3. The van der Waals surface area contributed by atoms with Crippen LogP contribution < -0.4 is 11.1 Å². The SMILES string of the molecule is CCCOCCCNc1ccc(N)cc1I. The van der Waals surface area contributed by atoms with Crippen LogP contribution in [-0.2, 0) is 4.74 Å². The van der Waals surface area contributed by atoms with Gasteiger partial charge < -0.3 is 15.8 Å². The second kappa shape index (κ2) is 7.73. The van der Waals surface area contributed by atoms with Crippen molar-refractivity contribution in [1.82, 2.24) is 0 Å². The van der Waals surface area contributed by atoms with Crippen LogP contribution in [0.1, 0.15) is 19.8 Å². The zero-order valence-corrected chi connectivity index (χ0v) is 11.8. The van der Waals surface area contributed by atoms with Gasteiger partial charge in [-0.25, -0.2) is 0 Å². The molecule has 0 bridgehead atoms. The first-order chi connectivity index (χ1) is 7.74. The summed E-state index contributed by atoms with van der Waals surface area (Å²) in [7, 11) is 0. The molecule has 0 aliphatic carbocycles. The van der Waals surface area contributed by atoms with Gasteiger partial charge in [0.25, 0.3) is 0 Å². The van der Waals surface area contributed by atoms with Crippen LogP contribution in [0.2, 0.25) is 0 Å². The topological polar surface area (TPSA) is 47.3 Å². The van der Waals surface area contributed by atoms with Crippen molar-refractivity contribution >= 4 is 34.0 Å². The molecule has 0 heterocycles. The molecule has 0 saturated heterocycles. The minimum Gasteiger partial charge on any atom is -0.399 e. The monoisotopic (exact) mass is 334 g/mol. The van der Waals surface area contributed by atoms with E-state index in [0.29, 0.717) is 0 Å². The van der Waals surface area contributed by atoms with Gasteiger partial charge in [0.05, 0.1) is 0 Å². The van der Waals surface area contributed by atoms with Crippen molar-refractivity contribution in [2.24, 2.45) is 0 Å². The molecule has 0 fully saturated rings. The molecule has 0 saturated carbocycles. The maximum absolute atomic E-state index is 5.68. The smallest absolute Gasteiger partial charge is 0.0482 e. The molecule has 90 valence electrons. The predicted molar refractivity (Wildman–Crippen MR) is 77.8 cm³/mol. The summed E-state index contributed by atoms with van der Waals surface area (Å²) in [6.45, 7) is 4.74. The molecule has 3 nitrogen and oxygen atoms in total. The Balaban J connectivity index is 2.21. The molecule has 0 radical (unpaired) electrons. The number of ether oxygens (including phenoxy) is 1. The number of hydrogen-bond acceptors (Lipinski definition) is 3. The molecule has 16 heavy (non-hydrogen) atoms. The average molecular weight is 334 g/mol. The van der Waals surface area contributed by atoms with Crippen molar-refractivity contribution in [3.05, 3.63) is 21.8 Å². The number of halogens is 1. The van der Waals surface area contributed by atoms with Crippen LogP contribution in [0.15, 0.2) is 18.2 Å². The molecule has 0 spiro atoms. The molecule has 0 unspecified atom stereocenters. The Bertz CT molecular complexity index is 318. The Morgan fingerprint density at radius 2 is 2.19 bits per heavy atom. The molecular weight excluding hydrogens is 315 g/mol. The molecule has 1 aromatic carbocycles. The van der Waals surface area contributed by atoms with E-state index in [9.17, 15) is 0 Å². The van der Waals surface area contributed by atoms with E-state index >= 15 is 0 Å². The second-order valence-corrected chi connectivity index (χ2v) is 4.79. The number of nitrogen functional groups attached to an aromatic ring is 1. The Kier molecular flexibility index (Phi) is 6.56. The lowest BCUT2D eigenvalue weighted by atomic mass is 10.3. The largest absolute Gasteiger partial charge is 0.399 e. The second-order valence-electron chi connectivity index (χ2n) is 3.63. The molecule has 0 aliphatic rings. The highest BCUT2D eigenvalue weighted by Gasteiger charge is 1.98. The highest BCUT2D eigenvalue weighted by atomic mass is 127. The lowest BCUT2D eigenvalue weighted by Crippen LogP contribution is -2.07. The predicted octanol–water partition coefficient (Wildman–Crippen LogP) is 3.10. The number of anilines is 2. The average Bonchev–Trinajstić information content (AvgIpc) is 2.26. The highest BCUT2D eigenvalue weighted by molar-refractivity contribution is 14.1. The van der Waals surface area contributed by atoms with E-state index in [0.717, 1.165) is 47.5 Å². The van der Waals surface area contributed by atoms with Gasteiger partial charge in [-0.3, -0.25) is 0 Å². The summed E-state index contributed by atoms with van der Waals surface area (Å²) in [5, 5.41) is 3.37. The number of nitrogens with two attached hydrogens (primary N) is 1. The fraction of sp³-hybridized carbons (Fsp3) is 0.500. The molecule has 0 aliphatic heterocycles. The maximum atomic E-state index is 5.68. The van der Waals surface area contributed by atoms with E-state index in [1.807, 2.05) is 18.2 Å². The van der Waals surface area contributed by atoms with Crippen LogP contribution in [0.4, 0.5) is 11.4 Å². The van der Waals surface area contributed by atoms with Gasteiger partial charge in [0, 0.05) is 34.7 Å². The number of hydrogen-bond donors (Lipinski definition) is 2. The van der Waals surface area contributed by atoms with Crippen molar-refractivity contribution in [3.8, 4) is 0 Å². The number of nitrogens with one attached hydrogen (secondary N) is 1. The summed E-state index contributed by atoms with van der Waals surface area (Å²) in [4.78, 5) is 0. The summed E-state index contributed by atoms with van der Waals surface area (Å²) in [6.07, 6.45) is 2.11. The molecular formula is C12H19IN2O. The fourth-order valence-electron chi connectivity index (χ4n) is 1.32. The van der Waals surface area contributed by atoms with Gasteiger partial charge in [-0.1, -0.05) is 6.92 Å². The van der Waals surface area contributed by atoms with E-state index < -0.39 is 0 Å². The van der Waals surface area contributed by atoms with E-state index in [1.165, 1.54) is 0 Å². The third-order valence-corrected chi connectivity index (χ3v) is 3.02. The first-order valence-corrected chi connectivity index (χ1v) is 6.68. The first-order valence-electron chi connectivity index (χ1n) is 5.60. The van der Waals surface area contributed by atoms with Gasteiger partial charge in [-0.15, -0.1) is 0 Å². The van der Waals surface area contributed by atoms with Crippen molar-refractivity contribution in [2.75, 3.05) is 30.8 Å². The van der Waals surface area contributed by atoms with Crippen LogP contribution >= 0.6 is 22.6 Å². The van der Waals surface area contributed by atoms with Crippen LogP contribution in [0.25, 0.3) is 0 Å². The van der Waals surface area contributed by atoms with Gasteiger partial charge in [0.15, 0.2) is 0 Å². The number of rotatable bonds is 7. The molecule has 0 aromatic heterocycles. The van der Waals surface area contributed by atoms with Crippen LogP contribution in [0.5, 0.6) is 0 Å². The number of benzene rings is 1. The Labute approximate surface area is 111 Å². The van der Waals surface area contributed by atoms with Crippen molar-refractivity contribution in [2.45, 2.75) is 19.8 Å². The molecule has 1 rings (SSSR count). The van der Waals surface area contributed by atoms with Gasteiger partial charge in [0.1, 0.15) is 0 Å². The minimum absolute atomic E-state index is 0.807. The summed E-state index contributed by atoms with van der Waals surface area (Å²) in [6, 6.07) is 5.90. The van der Waals surface area contributed by atoms with Gasteiger partial charge in [-0.2, -0.15) is 0 Å². The molecule has 0 atom stereocenters. The maximum Gasteiger partial charge on any atom is 0.0482 e. The summed E-state index contributed by atoms with van der Waals surface area (Å²) in [5.74, 6) is 0. The van der Waals surface area contributed by atoms with E-state index in [2.05, 4.69) is 34.8 Å². The zero-order chi connectivity index (χ0) is 11.8. The fourth-order valence-corrected chi connectivity index (χ4v) is 2.05. The van der Waals surface area contributed by atoms with E-state index in [4.69, 9.17) is 10.5 Å². The van der Waals surface area contributed by atoms with E-state index in [1.54, 1.807) is 0 Å². The molecule has 0 amide bonds. The van der Waals surface area contributed by atoms with E-state index in [-0.39, 0.29) is 0 Å². The Morgan fingerprint density at radius 1 is 1.38 bits per heavy atom. The van der Waals surface area contributed by atoms with Crippen LogP contribution in [0.3, 0.4) is 0 Å². The summed E-state index contributed by atoms with van der Waals surface area (Å²) < 4.78 is 6.57. The molecule has 3 N–H and O–H groups in total.